The number of ether oxygens (including phenoxy) is 1. The number of methoxy groups -OCH3 is 1. The van der Waals surface area contributed by atoms with E-state index in [1.807, 2.05) is 24.3 Å². The standard InChI is InChI=1S/C18H23N3O4/c1-25-14-7-5-13(6-8-14)11-19-15(22)12-21-16(23)18(20-17(21)24)9-3-2-4-10-18/h5-8H,2-4,9-12H2,1H3,(H,19,22)(H,20,24). The van der Waals surface area contributed by atoms with E-state index in [9.17, 15) is 14.4 Å². The summed E-state index contributed by atoms with van der Waals surface area (Å²) in [5, 5.41) is 5.55. The summed E-state index contributed by atoms with van der Waals surface area (Å²) < 4.78 is 5.09. The topological polar surface area (TPSA) is 87.7 Å². The number of carbonyl (C=O) groups excluding carboxylic acids is 3. The lowest BCUT2D eigenvalue weighted by Crippen LogP contribution is -2.49. The van der Waals surface area contributed by atoms with Crippen LogP contribution in [0.2, 0.25) is 0 Å². The van der Waals surface area contributed by atoms with Gasteiger partial charge in [-0.2, -0.15) is 0 Å². The van der Waals surface area contributed by atoms with Crippen molar-refractivity contribution in [1.82, 2.24) is 15.5 Å². The Morgan fingerprint density at radius 1 is 1.20 bits per heavy atom. The molecule has 1 spiro atoms. The fourth-order valence-electron chi connectivity index (χ4n) is 3.46. The number of carbonyl (C=O) groups is 3. The SMILES string of the molecule is COc1ccc(CNC(=O)CN2C(=O)NC3(CCCCC3)C2=O)cc1. The van der Waals surface area contributed by atoms with E-state index in [-0.39, 0.29) is 18.4 Å². The zero-order chi connectivity index (χ0) is 17.9. The first kappa shape index (κ1) is 17.3. The molecule has 7 heteroatoms. The molecule has 25 heavy (non-hydrogen) atoms. The fourth-order valence-corrected chi connectivity index (χ4v) is 3.46. The minimum Gasteiger partial charge on any atom is -0.497 e. The highest BCUT2D eigenvalue weighted by Gasteiger charge is 2.51. The molecule has 1 heterocycles. The molecule has 1 aliphatic heterocycles. The third kappa shape index (κ3) is 3.60. The van der Waals surface area contributed by atoms with Gasteiger partial charge in [0.15, 0.2) is 0 Å². The van der Waals surface area contributed by atoms with Gasteiger partial charge in [0.05, 0.1) is 7.11 Å². The van der Waals surface area contributed by atoms with Gasteiger partial charge in [-0.15, -0.1) is 0 Å². The number of amides is 4. The molecule has 2 aliphatic rings. The molecule has 0 bridgehead atoms. The molecule has 0 radical (unpaired) electrons. The summed E-state index contributed by atoms with van der Waals surface area (Å²) in [6, 6.07) is 6.86. The average molecular weight is 345 g/mol. The van der Waals surface area contributed by atoms with Gasteiger partial charge in [-0.05, 0) is 30.5 Å². The van der Waals surface area contributed by atoms with E-state index in [1.165, 1.54) is 0 Å². The van der Waals surface area contributed by atoms with Crippen LogP contribution in [-0.2, 0) is 16.1 Å². The van der Waals surface area contributed by atoms with Crippen LogP contribution in [0.25, 0.3) is 0 Å². The van der Waals surface area contributed by atoms with Crippen LogP contribution in [0.15, 0.2) is 24.3 Å². The normalized spacial score (nSPS) is 19.0. The summed E-state index contributed by atoms with van der Waals surface area (Å²) in [6.45, 7) is 0.0835. The Morgan fingerprint density at radius 3 is 2.52 bits per heavy atom. The molecule has 1 aromatic rings. The summed E-state index contributed by atoms with van der Waals surface area (Å²) in [6.07, 6.45) is 4.23. The molecule has 1 aliphatic carbocycles. The van der Waals surface area contributed by atoms with Crippen LogP contribution in [0.3, 0.4) is 0 Å². The molecule has 7 nitrogen and oxygen atoms in total. The number of hydrogen-bond donors (Lipinski definition) is 2. The van der Waals surface area contributed by atoms with Crippen molar-refractivity contribution >= 4 is 17.8 Å². The van der Waals surface area contributed by atoms with E-state index >= 15 is 0 Å². The van der Waals surface area contributed by atoms with Crippen LogP contribution in [0, 0.1) is 0 Å². The van der Waals surface area contributed by atoms with Gasteiger partial charge in [0.2, 0.25) is 5.91 Å². The molecule has 4 amide bonds. The Kier molecular flexibility index (Phi) is 4.92. The molecule has 1 aromatic carbocycles. The van der Waals surface area contributed by atoms with Crippen LogP contribution in [-0.4, -0.2) is 41.9 Å². The van der Waals surface area contributed by atoms with Gasteiger partial charge >= 0.3 is 6.03 Å². The van der Waals surface area contributed by atoms with E-state index in [0.717, 1.165) is 35.5 Å². The summed E-state index contributed by atoms with van der Waals surface area (Å²) in [4.78, 5) is 37.9. The van der Waals surface area contributed by atoms with Crippen molar-refractivity contribution in [1.29, 1.82) is 0 Å². The second kappa shape index (κ2) is 7.13. The summed E-state index contributed by atoms with van der Waals surface area (Å²) >= 11 is 0. The molecule has 0 aromatic heterocycles. The maximum absolute atomic E-state index is 12.6. The number of urea groups is 1. The summed E-state index contributed by atoms with van der Waals surface area (Å²) in [5.74, 6) is 0.121. The maximum Gasteiger partial charge on any atom is 0.325 e. The molecular formula is C18H23N3O4. The zero-order valence-electron chi connectivity index (χ0n) is 14.3. The van der Waals surface area contributed by atoms with Gasteiger partial charge in [0.25, 0.3) is 5.91 Å². The van der Waals surface area contributed by atoms with Crippen molar-refractivity contribution in [2.45, 2.75) is 44.2 Å². The Hall–Kier alpha value is -2.57. The summed E-state index contributed by atoms with van der Waals surface area (Å²) in [5.41, 5.74) is 0.126. The zero-order valence-corrected chi connectivity index (χ0v) is 14.3. The summed E-state index contributed by atoms with van der Waals surface area (Å²) in [7, 11) is 1.59. The second-order valence-corrected chi connectivity index (χ2v) is 6.59. The third-order valence-corrected chi connectivity index (χ3v) is 4.90. The first-order chi connectivity index (χ1) is 12.0. The maximum atomic E-state index is 12.6. The smallest absolute Gasteiger partial charge is 0.325 e. The molecule has 1 saturated carbocycles. The van der Waals surface area contributed by atoms with E-state index in [4.69, 9.17) is 4.74 Å². The number of benzene rings is 1. The first-order valence-corrected chi connectivity index (χ1v) is 8.58. The third-order valence-electron chi connectivity index (χ3n) is 4.90. The van der Waals surface area contributed by atoms with Gasteiger partial charge < -0.3 is 15.4 Å². The van der Waals surface area contributed by atoms with E-state index in [1.54, 1.807) is 7.11 Å². The Bertz CT molecular complexity index is 665. The van der Waals surface area contributed by atoms with Crippen molar-refractivity contribution in [2.24, 2.45) is 0 Å². The fraction of sp³-hybridized carbons (Fsp3) is 0.500. The van der Waals surface area contributed by atoms with Crippen LogP contribution >= 0.6 is 0 Å². The van der Waals surface area contributed by atoms with Crippen LogP contribution < -0.4 is 15.4 Å². The molecule has 1 saturated heterocycles. The highest BCUT2D eigenvalue weighted by Crippen LogP contribution is 2.33. The molecule has 2 N–H and O–H groups in total. The monoisotopic (exact) mass is 345 g/mol. The van der Waals surface area contributed by atoms with Crippen molar-refractivity contribution in [3.05, 3.63) is 29.8 Å². The second-order valence-electron chi connectivity index (χ2n) is 6.59. The minimum absolute atomic E-state index is 0.247. The molecule has 134 valence electrons. The average Bonchev–Trinajstić information content (AvgIpc) is 2.85. The lowest BCUT2D eigenvalue weighted by molar-refractivity contribution is -0.135. The van der Waals surface area contributed by atoms with E-state index in [0.29, 0.717) is 19.4 Å². The van der Waals surface area contributed by atoms with Crippen molar-refractivity contribution in [3.8, 4) is 5.75 Å². The molecule has 3 rings (SSSR count). The Morgan fingerprint density at radius 2 is 1.88 bits per heavy atom. The number of hydrogen-bond acceptors (Lipinski definition) is 4. The number of nitrogens with zero attached hydrogens (tertiary/aromatic N) is 1. The molecule has 0 atom stereocenters. The van der Waals surface area contributed by atoms with E-state index in [2.05, 4.69) is 10.6 Å². The van der Waals surface area contributed by atoms with Gasteiger partial charge in [-0.3, -0.25) is 14.5 Å². The lowest BCUT2D eigenvalue weighted by atomic mass is 9.82. The molecule has 2 fully saturated rings. The Balaban J connectivity index is 1.55. The molecule has 0 unspecified atom stereocenters. The number of imide groups is 1. The largest absolute Gasteiger partial charge is 0.497 e. The Labute approximate surface area is 146 Å². The van der Waals surface area contributed by atoms with Gasteiger partial charge in [-0.1, -0.05) is 31.4 Å². The van der Waals surface area contributed by atoms with Crippen molar-refractivity contribution in [3.63, 3.8) is 0 Å². The quantitative estimate of drug-likeness (QED) is 0.793. The number of nitrogens with one attached hydrogen (secondary N) is 2. The van der Waals surface area contributed by atoms with Gasteiger partial charge in [-0.25, -0.2) is 4.79 Å². The highest BCUT2D eigenvalue weighted by molar-refractivity contribution is 6.09. The van der Waals surface area contributed by atoms with Crippen LogP contribution in [0.4, 0.5) is 4.79 Å². The van der Waals surface area contributed by atoms with Gasteiger partial charge in [0.1, 0.15) is 17.8 Å². The van der Waals surface area contributed by atoms with Gasteiger partial charge in [0, 0.05) is 6.54 Å². The predicted octanol–water partition coefficient (Wildman–Crippen LogP) is 1.57. The van der Waals surface area contributed by atoms with Crippen LogP contribution in [0.5, 0.6) is 5.75 Å². The molecular weight excluding hydrogens is 322 g/mol. The predicted molar refractivity (Wildman–Crippen MR) is 90.9 cm³/mol. The highest BCUT2D eigenvalue weighted by atomic mass is 16.5. The van der Waals surface area contributed by atoms with E-state index < -0.39 is 11.6 Å². The number of rotatable bonds is 5. The first-order valence-electron chi connectivity index (χ1n) is 8.58. The van der Waals surface area contributed by atoms with Crippen molar-refractivity contribution in [2.75, 3.05) is 13.7 Å². The van der Waals surface area contributed by atoms with Crippen LogP contribution in [0.1, 0.15) is 37.7 Å². The minimum atomic E-state index is -0.786. The lowest BCUT2D eigenvalue weighted by Gasteiger charge is -2.30. The van der Waals surface area contributed by atoms with Crippen molar-refractivity contribution < 1.29 is 19.1 Å².